The first-order chi connectivity index (χ1) is 16.6. The van der Waals surface area contributed by atoms with Gasteiger partial charge in [-0.15, -0.1) is 0 Å². The molecule has 1 rings (SSSR count). The fourth-order valence-corrected chi connectivity index (χ4v) is 3.42. The summed E-state index contributed by atoms with van der Waals surface area (Å²) in [6, 6.07) is 6.47. The van der Waals surface area contributed by atoms with Gasteiger partial charge in [-0.3, -0.25) is 4.18 Å². The molecule has 0 bridgehead atoms. The highest BCUT2D eigenvalue weighted by Gasteiger charge is 2.16. The summed E-state index contributed by atoms with van der Waals surface area (Å²) in [6.07, 6.45) is 0.733. The van der Waals surface area contributed by atoms with Crippen molar-refractivity contribution in [2.24, 2.45) is 0 Å². The number of rotatable bonds is 20. The quantitative estimate of drug-likeness (QED) is 0.144. The molecule has 1 aromatic carbocycles. The minimum Gasteiger partial charge on any atom is -0.458 e. The molecule has 0 atom stereocenters. The smallest absolute Gasteiger partial charge is 0.332 e. The van der Waals surface area contributed by atoms with Gasteiger partial charge < -0.3 is 28.4 Å². The summed E-state index contributed by atoms with van der Waals surface area (Å²) in [7, 11) is -3.76. The molecule has 202 valence electrons. The molecule has 35 heavy (non-hydrogen) atoms. The van der Waals surface area contributed by atoms with Crippen molar-refractivity contribution < 1.29 is 45.8 Å². The Balaban J connectivity index is 1.82. The molecule has 0 radical (unpaired) electrons. The van der Waals surface area contributed by atoms with Crippen molar-refractivity contribution >= 4 is 16.1 Å². The van der Waals surface area contributed by atoms with Crippen molar-refractivity contribution in [3.05, 3.63) is 29.8 Å². The zero-order chi connectivity index (χ0) is 26.0. The van der Waals surface area contributed by atoms with Gasteiger partial charge in [0.25, 0.3) is 10.1 Å². The Morgan fingerprint density at radius 1 is 0.714 bits per heavy atom. The summed E-state index contributed by atoms with van der Waals surface area (Å²) in [5.74, 6) is -0.395. The summed E-state index contributed by atoms with van der Waals surface area (Å²) in [5.41, 5.74) is 0.460. The highest BCUT2D eigenvalue weighted by atomic mass is 32.2. The molecule has 0 unspecified atom stereocenters. The first-order valence-corrected chi connectivity index (χ1v) is 13.1. The molecule has 11 heteroatoms. The number of benzene rings is 1. The largest absolute Gasteiger partial charge is 0.458 e. The maximum atomic E-state index is 12.0. The van der Waals surface area contributed by atoms with Crippen LogP contribution in [0, 0.1) is 6.92 Å². The van der Waals surface area contributed by atoms with Crippen molar-refractivity contribution in [2.45, 2.75) is 44.6 Å². The van der Waals surface area contributed by atoms with Crippen LogP contribution in [0.25, 0.3) is 0 Å². The predicted octanol–water partition coefficient (Wildman–Crippen LogP) is 2.52. The van der Waals surface area contributed by atoms with Crippen LogP contribution < -0.4 is 0 Å². The number of carbonyl (C=O) groups is 1. The molecular formula is C24H40O10S. The molecule has 0 amide bonds. The van der Waals surface area contributed by atoms with E-state index in [0.717, 1.165) is 12.0 Å². The summed E-state index contributed by atoms with van der Waals surface area (Å²) >= 11 is 0. The van der Waals surface area contributed by atoms with Crippen LogP contribution in [0.5, 0.6) is 0 Å². The number of ether oxygens (including phenoxy) is 6. The number of carbonyl (C=O) groups excluding carboxylic acids is 1. The molecule has 1 aromatic rings. The van der Waals surface area contributed by atoms with Crippen LogP contribution in [0.4, 0.5) is 0 Å². The van der Waals surface area contributed by atoms with E-state index in [-0.39, 0.29) is 24.7 Å². The van der Waals surface area contributed by atoms with Gasteiger partial charge in [0, 0.05) is 13.2 Å². The Bertz CT molecular complexity index is 788. The van der Waals surface area contributed by atoms with E-state index in [1.165, 1.54) is 12.1 Å². The van der Waals surface area contributed by atoms with Crippen molar-refractivity contribution in [2.75, 3.05) is 72.7 Å². The van der Waals surface area contributed by atoms with Crippen LogP contribution in [0.2, 0.25) is 0 Å². The lowest BCUT2D eigenvalue weighted by Gasteiger charge is -2.19. The minimum atomic E-state index is -3.76. The monoisotopic (exact) mass is 520 g/mol. The summed E-state index contributed by atoms with van der Waals surface area (Å²) in [5, 5.41) is 0. The van der Waals surface area contributed by atoms with Crippen molar-refractivity contribution in [3.63, 3.8) is 0 Å². The molecule has 0 saturated carbocycles. The average molecular weight is 521 g/mol. The molecule has 0 N–H and O–H groups in total. The SMILES string of the molecule is Cc1ccc(S(=O)(=O)OCCOCCOCCCOCCOCCOCC(=O)OC(C)(C)C)cc1. The molecule has 0 heterocycles. The minimum absolute atomic E-state index is 0.0536. The normalized spacial score (nSPS) is 12.1. The van der Waals surface area contributed by atoms with Gasteiger partial charge >= 0.3 is 5.97 Å². The highest BCUT2D eigenvalue weighted by molar-refractivity contribution is 7.86. The summed E-state index contributed by atoms with van der Waals surface area (Å²) in [6.45, 7) is 10.7. The Morgan fingerprint density at radius 3 is 1.69 bits per heavy atom. The number of esters is 1. The molecule has 0 spiro atoms. The van der Waals surface area contributed by atoms with E-state index in [9.17, 15) is 13.2 Å². The zero-order valence-electron chi connectivity index (χ0n) is 21.3. The molecular weight excluding hydrogens is 480 g/mol. The van der Waals surface area contributed by atoms with Crippen molar-refractivity contribution in [1.29, 1.82) is 0 Å². The maximum Gasteiger partial charge on any atom is 0.332 e. The Morgan fingerprint density at radius 2 is 1.17 bits per heavy atom. The topological polar surface area (TPSA) is 116 Å². The van der Waals surface area contributed by atoms with Gasteiger partial charge in [-0.05, 0) is 46.2 Å². The van der Waals surface area contributed by atoms with Crippen molar-refractivity contribution in [3.8, 4) is 0 Å². The third-order valence-electron chi connectivity index (χ3n) is 4.11. The van der Waals surface area contributed by atoms with Gasteiger partial charge in [0.05, 0.1) is 57.8 Å². The number of hydrogen-bond acceptors (Lipinski definition) is 10. The van der Waals surface area contributed by atoms with Gasteiger partial charge in [-0.2, -0.15) is 8.42 Å². The molecule has 0 aliphatic heterocycles. The Labute approximate surface area is 209 Å². The van der Waals surface area contributed by atoms with E-state index in [1.807, 2.05) is 6.92 Å². The van der Waals surface area contributed by atoms with Gasteiger partial charge in [0.1, 0.15) is 12.2 Å². The average Bonchev–Trinajstić information content (AvgIpc) is 2.77. The number of aryl methyl sites for hydroxylation is 1. The molecule has 0 aromatic heterocycles. The molecule has 10 nitrogen and oxygen atoms in total. The molecule has 0 aliphatic carbocycles. The van der Waals surface area contributed by atoms with Crippen LogP contribution in [0.1, 0.15) is 32.8 Å². The first-order valence-electron chi connectivity index (χ1n) is 11.7. The predicted molar refractivity (Wildman–Crippen MR) is 129 cm³/mol. The van der Waals surface area contributed by atoms with E-state index >= 15 is 0 Å². The standard InChI is InChI=1S/C24H40O10S/c1-21-6-8-22(9-7-21)35(26,27)33-19-18-31-15-13-29-11-5-10-28-12-14-30-16-17-32-20-23(25)34-24(2,3)4/h6-9H,5,10-20H2,1-4H3. The second-order valence-electron chi connectivity index (χ2n) is 8.53. The van der Waals surface area contributed by atoms with E-state index in [4.69, 9.17) is 32.6 Å². The van der Waals surface area contributed by atoms with Gasteiger partial charge in [0.15, 0.2) is 0 Å². The summed E-state index contributed by atoms with van der Waals surface area (Å²) in [4.78, 5) is 11.6. The van der Waals surface area contributed by atoms with Gasteiger partial charge in [0.2, 0.25) is 0 Å². The molecule has 0 saturated heterocycles. The Kier molecular flexibility index (Phi) is 16.0. The first kappa shape index (κ1) is 31.4. The second-order valence-corrected chi connectivity index (χ2v) is 10.1. The van der Waals surface area contributed by atoms with Gasteiger partial charge in [-0.1, -0.05) is 17.7 Å². The lowest BCUT2D eigenvalue weighted by molar-refractivity contribution is -0.160. The van der Waals surface area contributed by atoms with E-state index < -0.39 is 21.7 Å². The summed E-state index contributed by atoms with van der Waals surface area (Å²) < 4.78 is 60.9. The lowest BCUT2D eigenvalue weighted by atomic mass is 10.2. The maximum absolute atomic E-state index is 12.0. The third kappa shape index (κ3) is 17.5. The second kappa shape index (κ2) is 17.8. The van der Waals surface area contributed by atoms with Crippen LogP contribution in [0.15, 0.2) is 29.2 Å². The zero-order valence-corrected chi connectivity index (χ0v) is 22.1. The lowest BCUT2D eigenvalue weighted by Crippen LogP contribution is -2.27. The molecule has 0 fully saturated rings. The van der Waals surface area contributed by atoms with E-state index in [0.29, 0.717) is 52.9 Å². The number of hydrogen-bond donors (Lipinski definition) is 0. The molecule has 0 aliphatic rings. The fraction of sp³-hybridized carbons (Fsp3) is 0.708. The fourth-order valence-electron chi connectivity index (χ4n) is 2.53. The van der Waals surface area contributed by atoms with Crippen LogP contribution >= 0.6 is 0 Å². The van der Waals surface area contributed by atoms with Crippen LogP contribution in [-0.4, -0.2) is 92.7 Å². The third-order valence-corrected chi connectivity index (χ3v) is 5.44. The highest BCUT2D eigenvalue weighted by Crippen LogP contribution is 2.13. The van der Waals surface area contributed by atoms with Crippen LogP contribution in [0.3, 0.4) is 0 Å². The van der Waals surface area contributed by atoms with Crippen molar-refractivity contribution in [1.82, 2.24) is 0 Å². The van der Waals surface area contributed by atoms with E-state index in [2.05, 4.69) is 0 Å². The van der Waals surface area contributed by atoms with Gasteiger partial charge in [-0.25, -0.2) is 4.79 Å². The van der Waals surface area contributed by atoms with Crippen LogP contribution in [-0.2, 0) is 47.5 Å². The Hall–Kier alpha value is -1.60. The van der Waals surface area contributed by atoms with E-state index in [1.54, 1.807) is 32.9 Å².